The third kappa shape index (κ3) is 4.15. The molecular formula is C20H19ClN4O2S. The average molecular weight is 415 g/mol. The standard InChI is InChI=1S/C20H19ClN4O2S/c21-14-7-8-22-16(10-14)19(27)23-11-18(26)25-9-3-4-13(12-25)20-24-15-5-1-2-6-17(15)28-20/h1-2,5-8,10,13H,3-4,9,11-12H2,(H,23,27)/t13-/m1/s1. The van der Waals surface area contributed by atoms with Gasteiger partial charge in [0.05, 0.1) is 21.8 Å². The summed E-state index contributed by atoms with van der Waals surface area (Å²) in [6.07, 6.45) is 3.41. The van der Waals surface area contributed by atoms with Crippen LogP contribution in [0.3, 0.4) is 0 Å². The molecule has 1 atom stereocenters. The van der Waals surface area contributed by atoms with E-state index in [2.05, 4.69) is 16.4 Å². The Morgan fingerprint density at radius 1 is 1.29 bits per heavy atom. The number of likely N-dealkylation sites (tertiary alicyclic amines) is 1. The molecule has 0 bridgehead atoms. The van der Waals surface area contributed by atoms with Crippen LogP contribution in [0.2, 0.25) is 5.02 Å². The van der Waals surface area contributed by atoms with Crippen molar-refractivity contribution in [2.45, 2.75) is 18.8 Å². The lowest BCUT2D eigenvalue weighted by Crippen LogP contribution is -2.44. The van der Waals surface area contributed by atoms with Crippen molar-refractivity contribution in [3.63, 3.8) is 0 Å². The van der Waals surface area contributed by atoms with Gasteiger partial charge in [0.2, 0.25) is 5.91 Å². The number of rotatable bonds is 4. The Morgan fingerprint density at radius 3 is 2.96 bits per heavy atom. The number of thiazole rings is 1. The molecule has 6 nitrogen and oxygen atoms in total. The number of aromatic nitrogens is 2. The zero-order chi connectivity index (χ0) is 19.5. The second-order valence-corrected chi connectivity index (χ2v) is 8.24. The van der Waals surface area contributed by atoms with Crippen LogP contribution in [0.25, 0.3) is 10.2 Å². The number of halogens is 1. The summed E-state index contributed by atoms with van der Waals surface area (Å²) in [6.45, 7) is 1.27. The number of piperidine rings is 1. The summed E-state index contributed by atoms with van der Waals surface area (Å²) in [5.41, 5.74) is 1.21. The molecule has 4 rings (SSSR count). The summed E-state index contributed by atoms with van der Waals surface area (Å²) in [5, 5.41) is 4.14. The molecule has 0 saturated carbocycles. The highest BCUT2D eigenvalue weighted by atomic mass is 35.5. The number of fused-ring (bicyclic) bond motifs is 1. The van der Waals surface area contributed by atoms with Crippen LogP contribution >= 0.6 is 22.9 Å². The van der Waals surface area contributed by atoms with E-state index in [0.29, 0.717) is 18.1 Å². The molecule has 1 aromatic carbocycles. The Kier molecular flexibility index (Phi) is 5.54. The first-order chi connectivity index (χ1) is 13.6. The molecule has 2 amide bonds. The molecule has 2 aromatic heterocycles. The maximum Gasteiger partial charge on any atom is 0.270 e. The van der Waals surface area contributed by atoms with Crippen LogP contribution in [0, 0.1) is 0 Å². The lowest BCUT2D eigenvalue weighted by atomic mass is 9.98. The van der Waals surface area contributed by atoms with Gasteiger partial charge in [-0.05, 0) is 37.1 Å². The molecule has 144 valence electrons. The van der Waals surface area contributed by atoms with Crippen LogP contribution in [-0.2, 0) is 4.79 Å². The van der Waals surface area contributed by atoms with E-state index in [4.69, 9.17) is 16.6 Å². The molecule has 1 aliphatic rings. The van der Waals surface area contributed by atoms with E-state index in [0.717, 1.165) is 23.4 Å². The minimum Gasteiger partial charge on any atom is -0.342 e. The Morgan fingerprint density at radius 2 is 2.14 bits per heavy atom. The predicted octanol–water partition coefficient (Wildman–Crippen LogP) is 3.48. The van der Waals surface area contributed by atoms with E-state index in [-0.39, 0.29) is 24.1 Å². The van der Waals surface area contributed by atoms with Gasteiger partial charge in [-0.3, -0.25) is 14.6 Å². The Labute approximate surface area is 171 Å². The van der Waals surface area contributed by atoms with E-state index in [1.807, 2.05) is 23.1 Å². The second kappa shape index (κ2) is 8.24. The topological polar surface area (TPSA) is 75.2 Å². The molecule has 1 fully saturated rings. The largest absolute Gasteiger partial charge is 0.342 e. The summed E-state index contributed by atoms with van der Waals surface area (Å²) >= 11 is 7.57. The van der Waals surface area contributed by atoms with Crippen molar-refractivity contribution in [3.8, 4) is 0 Å². The molecule has 3 aromatic rings. The Hall–Kier alpha value is -2.51. The second-order valence-electron chi connectivity index (χ2n) is 6.74. The third-order valence-corrected chi connectivity index (χ3v) is 6.22. The normalized spacial score (nSPS) is 16.9. The lowest BCUT2D eigenvalue weighted by Gasteiger charge is -2.31. The summed E-state index contributed by atoms with van der Waals surface area (Å²) < 4.78 is 1.17. The first-order valence-electron chi connectivity index (χ1n) is 9.13. The fourth-order valence-electron chi connectivity index (χ4n) is 3.36. The van der Waals surface area contributed by atoms with Crippen LogP contribution in [-0.4, -0.2) is 46.3 Å². The van der Waals surface area contributed by atoms with Crippen molar-refractivity contribution in [1.82, 2.24) is 20.2 Å². The zero-order valence-electron chi connectivity index (χ0n) is 15.1. The number of nitrogens with zero attached hydrogens (tertiary/aromatic N) is 3. The van der Waals surface area contributed by atoms with Gasteiger partial charge in [-0.1, -0.05) is 23.7 Å². The zero-order valence-corrected chi connectivity index (χ0v) is 16.7. The summed E-state index contributed by atoms with van der Waals surface area (Å²) in [6, 6.07) is 11.2. The van der Waals surface area contributed by atoms with E-state index in [9.17, 15) is 9.59 Å². The molecule has 3 heterocycles. The summed E-state index contributed by atoms with van der Waals surface area (Å²) in [7, 11) is 0. The van der Waals surface area contributed by atoms with Gasteiger partial charge < -0.3 is 10.2 Å². The van der Waals surface area contributed by atoms with Gasteiger partial charge in [0.1, 0.15) is 5.69 Å². The highest BCUT2D eigenvalue weighted by Crippen LogP contribution is 2.32. The number of benzene rings is 1. The molecule has 0 radical (unpaired) electrons. The highest BCUT2D eigenvalue weighted by molar-refractivity contribution is 7.18. The molecule has 1 aliphatic heterocycles. The molecule has 0 unspecified atom stereocenters. The number of nitrogens with one attached hydrogen (secondary N) is 1. The SMILES string of the molecule is O=C(NCC(=O)N1CCC[C@@H](c2nc3ccccc3s2)C1)c1cc(Cl)ccn1. The van der Waals surface area contributed by atoms with E-state index in [1.165, 1.54) is 17.0 Å². The number of hydrogen-bond donors (Lipinski definition) is 1. The van der Waals surface area contributed by atoms with E-state index in [1.54, 1.807) is 17.4 Å². The maximum atomic E-state index is 12.6. The predicted molar refractivity (Wildman–Crippen MR) is 110 cm³/mol. The molecule has 0 aliphatic carbocycles. The number of para-hydroxylation sites is 1. The Bertz CT molecular complexity index is 989. The number of amides is 2. The van der Waals surface area contributed by atoms with Gasteiger partial charge in [-0.15, -0.1) is 11.3 Å². The fraction of sp³-hybridized carbons (Fsp3) is 0.300. The van der Waals surface area contributed by atoms with Crippen LogP contribution in [0.15, 0.2) is 42.6 Å². The first-order valence-corrected chi connectivity index (χ1v) is 10.3. The Balaban J connectivity index is 1.37. The molecule has 0 spiro atoms. The van der Waals surface area contributed by atoms with Crippen LogP contribution in [0.1, 0.15) is 34.3 Å². The van der Waals surface area contributed by atoms with E-state index >= 15 is 0 Å². The van der Waals surface area contributed by atoms with Gasteiger partial charge in [0.25, 0.3) is 5.91 Å². The van der Waals surface area contributed by atoms with Crippen LogP contribution in [0.4, 0.5) is 0 Å². The fourth-order valence-corrected chi connectivity index (χ4v) is 4.61. The van der Waals surface area contributed by atoms with Gasteiger partial charge in [0.15, 0.2) is 0 Å². The first kappa shape index (κ1) is 18.8. The van der Waals surface area contributed by atoms with Gasteiger partial charge >= 0.3 is 0 Å². The molecule has 1 saturated heterocycles. The van der Waals surface area contributed by atoms with Crippen LogP contribution < -0.4 is 5.32 Å². The van der Waals surface area contributed by atoms with Gasteiger partial charge in [0, 0.05) is 30.2 Å². The van der Waals surface area contributed by atoms with Crippen molar-refractivity contribution in [3.05, 3.63) is 58.3 Å². The van der Waals surface area contributed by atoms with Gasteiger partial charge in [-0.25, -0.2) is 4.98 Å². The smallest absolute Gasteiger partial charge is 0.270 e. The quantitative estimate of drug-likeness (QED) is 0.709. The van der Waals surface area contributed by atoms with Crippen molar-refractivity contribution >= 4 is 45.0 Å². The average Bonchev–Trinajstić information content (AvgIpc) is 3.16. The maximum absolute atomic E-state index is 12.6. The molecular weight excluding hydrogens is 396 g/mol. The van der Waals surface area contributed by atoms with Crippen molar-refractivity contribution < 1.29 is 9.59 Å². The third-order valence-electron chi connectivity index (χ3n) is 4.79. The lowest BCUT2D eigenvalue weighted by molar-refractivity contribution is -0.131. The number of pyridine rings is 1. The molecule has 28 heavy (non-hydrogen) atoms. The highest BCUT2D eigenvalue weighted by Gasteiger charge is 2.27. The number of carbonyl (C=O) groups excluding carboxylic acids is 2. The van der Waals surface area contributed by atoms with Crippen molar-refractivity contribution in [2.75, 3.05) is 19.6 Å². The number of carbonyl (C=O) groups is 2. The van der Waals surface area contributed by atoms with Crippen molar-refractivity contribution in [2.24, 2.45) is 0 Å². The monoisotopic (exact) mass is 414 g/mol. The number of hydrogen-bond acceptors (Lipinski definition) is 5. The van der Waals surface area contributed by atoms with Gasteiger partial charge in [-0.2, -0.15) is 0 Å². The minimum atomic E-state index is -0.407. The summed E-state index contributed by atoms with van der Waals surface area (Å²) in [4.78, 5) is 35.3. The minimum absolute atomic E-state index is 0.0560. The summed E-state index contributed by atoms with van der Waals surface area (Å²) in [5.74, 6) is -0.267. The van der Waals surface area contributed by atoms with E-state index < -0.39 is 5.91 Å². The van der Waals surface area contributed by atoms with Crippen molar-refractivity contribution in [1.29, 1.82) is 0 Å². The molecule has 8 heteroatoms. The van der Waals surface area contributed by atoms with Crippen LogP contribution in [0.5, 0.6) is 0 Å². The molecule has 1 N–H and O–H groups in total.